The Labute approximate surface area is 139 Å². The molecule has 0 aliphatic carbocycles. The first-order chi connectivity index (χ1) is 10.8. The molecule has 0 saturated heterocycles. The van der Waals surface area contributed by atoms with Crippen LogP contribution in [0.3, 0.4) is 0 Å². The molecule has 23 heavy (non-hydrogen) atoms. The van der Waals surface area contributed by atoms with E-state index in [1.54, 1.807) is 6.20 Å². The molecule has 0 aromatic carbocycles. The van der Waals surface area contributed by atoms with Gasteiger partial charge in [0, 0.05) is 18.7 Å². The Morgan fingerprint density at radius 2 is 2.17 bits per heavy atom. The van der Waals surface area contributed by atoms with Gasteiger partial charge >= 0.3 is 6.09 Å². The van der Waals surface area contributed by atoms with Crippen molar-refractivity contribution in [2.45, 2.75) is 71.9 Å². The van der Waals surface area contributed by atoms with Crippen LogP contribution in [-0.4, -0.2) is 22.7 Å². The molecule has 0 aliphatic rings. The van der Waals surface area contributed by atoms with Crippen LogP contribution < -0.4 is 5.32 Å². The molecule has 5 heteroatoms. The van der Waals surface area contributed by atoms with Crippen LogP contribution in [0.1, 0.15) is 63.8 Å². The van der Waals surface area contributed by atoms with Gasteiger partial charge in [0.15, 0.2) is 0 Å². The lowest BCUT2D eigenvalue weighted by Gasteiger charge is -2.24. The average Bonchev–Trinajstić information content (AvgIpc) is 2.43. The number of pyridine rings is 1. The number of aromatic nitrogens is 1. The van der Waals surface area contributed by atoms with Crippen LogP contribution in [0.5, 0.6) is 0 Å². The van der Waals surface area contributed by atoms with Crippen LogP contribution >= 0.6 is 0 Å². The van der Waals surface area contributed by atoms with E-state index in [0.717, 1.165) is 30.5 Å². The van der Waals surface area contributed by atoms with E-state index in [2.05, 4.69) is 23.3 Å². The molecular weight excluding hydrogens is 290 g/mol. The van der Waals surface area contributed by atoms with Gasteiger partial charge < -0.3 is 10.1 Å². The minimum Gasteiger partial charge on any atom is -0.444 e. The zero-order valence-corrected chi connectivity index (χ0v) is 14.8. The van der Waals surface area contributed by atoms with Crippen molar-refractivity contribution in [3.8, 4) is 6.07 Å². The summed E-state index contributed by atoms with van der Waals surface area (Å²) >= 11 is 0. The van der Waals surface area contributed by atoms with E-state index in [-0.39, 0.29) is 6.04 Å². The van der Waals surface area contributed by atoms with Crippen LogP contribution in [0, 0.1) is 18.3 Å². The number of hydrogen-bond donors (Lipinski definition) is 1. The molecule has 1 rings (SSSR count). The fourth-order valence-electron chi connectivity index (χ4n) is 2.31. The molecule has 1 atom stereocenters. The summed E-state index contributed by atoms with van der Waals surface area (Å²) in [5.41, 5.74) is 1.70. The molecule has 0 spiro atoms. The van der Waals surface area contributed by atoms with E-state index < -0.39 is 11.7 Å². The van der Waals surface area contributed by atoms with Crippen LogP contribution in [0.15, 0.2) is 12.3 Å². The lowest BCUT2D eigenvalue weighted by molar-refractivity contribution is 0.0501. The third kappa shape index (κ3) is 6.68. The summed E-state index contributed by atoms with van der Waals surface area (Å²) in [7, 11) is 0. The number of carbonyl (C=O) groups is 1. The third-order valence-corrected chi connectivity index (χ3v) is 3.42. The van der Waals surface area contributed by atoms with Crippen molar-refractivity contribution in [2.24, 2.45) is 0 Å². The molecule has 0 aliphatic heterocycles. The van der Waals surface area contributed by atoms with E-state index in [1.165, 1.54) is 0 Å². The topological polar surface area (TPSA) is 75.0 Å². The van der Waals surface area contributed by atoms with Gasteiger partial charge in [-0.15, -0.1) is 0 Å². The van der Waals surface area contributed by atoms with Crippen LogP contribution in [0.2, 0.25) is 0 Å². The van der Waals surface area contributed by atoms with Crippen molar-refractivity contribution in [2.75, 3.05) is 0 Å². The van der Waals surface area contributed by atoms with Gasteiger partial charge in [0.1, 0.15) is 11.7 Å². The molecule has 1 unspecified atom stereocenters. The number of nitriles is 1. The molecular formula is C18H27N3O2. The molecule has 1 amide bonds. The zero-order valence-electron chi connectivity index (χ0n) is 14.8. The van der Waals surface area contributed by atoms with Crippen molar-refractivity contribution in [1.82, 2.24) is 10.3 Å². The van der Waals surface area contributed by atoms with Gasteiger partial charge in [0.05, 0.1) is 11.3 Å². The normalized spacial score (nSPS) is 12.3. The molecule has 0 radical (unpaired) electrons. The SMILES string of the molecule is CCCCC(Cc1nccc(C)c1C#N)NC(=O)OC(C)(C)C. The monoisotopic (exact) mass is 317 g/mol. The van der Waals surface area contributed by atoms with E-state index in [9.17, 15) is 10.1 Å². The average molecular weight is 317 g/mol. The van der Waals surface area contributed by atoms with Gasteiger partial charge in [-0.25, -0.2) is 4.79 Å². The quantitative estimate of drug-likeness (QED) is 0.863. The fourth-order valence-corrected chi connectivity index (χ4v) is 2.31. The van der Waals surface area contributed by atoms with Gasteiger partial charge in [-0.3, -0.25) is 4.98 Å². The Balaban J connectivity index is 2.85. The van der Waals surface area contributed by atoms with Crippen molar-refractivity contribution in [3.05, 3.63) is 29.1 Å². The summed E-state index contributed by atoms with van der Waals surface area (Å²) in [5.74, 6) is 0. The molecule has 1 aromatic heterocycles. The number of hydrogen-bond acceptors (Lipinski definition) is 4. The van der Waals surface area contributed by atoms with Crippen molar-refractivity contribution < 1.29 is 9.53 Å². The molecule has 0 saturated carbocycles. The first kappa shape index (κ1) is 19.0. The molecule has 1 N–H and O–H groups in total. The molecule has 1 aromatic rings. The summed E-state index contributed by atoms with van der Waals surface area (Å²) in [6, 6.07) is 3.94. The highest BCUT2D eigenvalue weighted by molar-refractivity contribution is 5.68. The van der Waals surface area contributed by atoms with Crippen LogP contribution in [0.4, 0.5) is 4.79 Å². The van der Waals surface area contributed by atoms with Crippen LogP contribution in [0.25, 0.3) is 0 Å². The Kier molecular flexibility index (Phi) is 7.02. The van der Waals surface area contributed by atoms with Gasteiger partial charge in [-0.2, -0.15) is 5.26 Å². The largest absolute Gasteiger partial charge is 0.444 e. The van der Waals surface area contributed by atoms with Gasteiger partial charge in [0.2, 0.25) is 0 Å². The lowest BCUT2D eigenvalue weighted by Crippen LogP contribution is -2.40. The lowest BCUT2D eigenvalue weighted by atomic mass is 10.00. The number of unbranched alkanes of at least 4 members (excludes halogenated alkanes) is 1. The second kappa shape index (κ2) is 8.52. The zero-order chi connectivity index (χ0) is 17.5. The number of nitrogens with zero attached hydrogens (tertiary/aromatic N) is 2. The first-order valence-electron chi connectivity index (χ1n) is 8.11. The van der Waals surface area contributed by atoms with E-state index in [0.29, 0.717) is 12.0 Å². The Hall–Kier alpha value is -2.09. The number of rotatable bonds is 6. The predicted molar refractivity (Wildman–Crippen MR) is 90.1 cm³/mol. The maximum Gasteiger partial charge on any atom is 0.407 e. The standard InChI is InChI=1S/C18H27N3O2/c1-6-7-8-14(21-17(22)23-18(3,4)5)11-16-15(12-19)13(2)9-10-20-16/h9-10,14H,6-8,11H2,1-5H3,(H,21,22). The van der Waals surface area contributed by atoms with Gasteiger partial charge in [-0.1, -0.05) is 19.8 Å². The number of ether oxygens (including phenoxy) is 1. The number of amides is 1. The molecule has 0 fully saturated rings. The van der Waals surface area contributed by atoms with Gasteiger partial charge in [-0.05, 0) is 45.7 Å². The minimum absolute atomic E-state index is 0.0915. The highest BCUT2D eigenvalue weighted by atomic mass is 16.6. The van der Waals surface area contributed by atoms with Crippen LogP contribution in [-0.2, 0) is 11.2 Å². The van der Waals surface area contributed by atoms with E-state index in [1.807, 2.05) is 33.8 Å². The molecule has 0 bridgehead atoms. The minimum atomic E-state index is -0.529. The highest BCUT2D eigenvalue weighted by Crippen LogP contribution is 2.15. The molecule has 1 heterocycles. The summed E-state index contributed by atoms with van der Waals surface area (Å²) < 4.78 is 5.33. The smallest absolute Gasteiger partial charge is 0.407 e. The maximum absolute atomic E-state index is 12.0. The summed E-state index contributed by atoms with van der Waals surface area (Å²) in [4.78, 5) is 16.4. The highest BCUT2D eigenvalue weighted by Gasteiger charge is 2.21. The van der Waals surface area contributed by atoms with Crippen molar-refractivity contribution in [1.29, 1.82) is 5.26 Å². The second-order valence-corrected chi connectivity index (χ2v) is 6.75. The van der Waals surface area contributed by atoms with Crippen molar-refractivity contribution >= 4 is 6.09 Å². The fraction of sp³-hybridized carbons (Fsp3) is 0.611. The van der Waals surface area contributed by atoms with Gasteiger partial charge in [0.25, 0.3) is 0 Å². The number of alkyl carbamates (subject to hydrolysis) is 1. The van der Waals surface area contributed by atoms with E-state index in [4.69, 9.17) is 4.74 Å². The maximum atomic E-state index is 12.0. The number of nitrogens with one attached hydrogen (secondary N) is 1. The third-order valence-electron chi connectivity index (χ3n) is 3.42. The van der Waals surface area contributed by atoms with Crippen molar-refractivity contribution in [3.63, 3.8) is 0 Å². The summed E-state index contributed by atoms with van der Waals surface area (Å²) in [5, 5.41) is 12.2. The predicted octanol–water partition coefficient (Wildman–Crippen LogP) is 3.89. The molecule has 126 valence electrons. The summed E-state index contributed by atoms with van der Waals surface area (Å²) in [6.45, 7) is 9.51. The molecule has 5 nitrogen and oxygen atoms in total. The number of aryl methyl sites for hydroxylation is 1. The Bertz CT molecular complexity index is 571. The summed E-state index contributed by atoms with van der Waals surface area (Å²) in [6.07, 6.45) is 4.67. The first-order valence-corrected chi connectivity index (χ1v) is 8.11. The second-order valence-electron chi connectivity index (χ2n) is 6.75. The Morgan fingerprint density at radius 3 is 2.74 bits per heavy atom. The van der Waals surface area contributed by atoms with E-state index >= 15 is 0 Å². The Morgan fingerprint density at radius 1 is 1.48 bits per heavy atom. The number of carbonyl (C=O) groups excluding carboxylic acids is 1.